The molecule has 0 unspecified atom stereocenters. The fraction of sp³-hybridized carbons (Fsp3) is 1.00. The van der Waals surface area contributed by atoms with Gasteiger partial charge in [-0.15, -0.1) is 0 Å². The van der Waals surface area contributed by atoms with E-state index in [0.29, 0.717) is 6.54 Å². The molecule has 0 amide bonds. The average molecular weight is 203 g/mol. The zero-order valence-electron chi connectivity index (χ0n) is 8.43. The van der Waals surface area contributed by atoms with Crippen molar-refractivity contribution in [3.05, 3.63) is 0 Å². The Morgan fingerprint density at radius 3 is 2.64 bits per heavy atom. The molecule has 2 rings (SSSR count). The standard InChI is InChI=1S/C9H17NO4/c1-9(2)13-7-5(4-11)10-3-6(12)8(7)14-9/h5-8,10-12H,3-4H2,1-2H3/t5-,6-,7-,8-/m1/s1. The van der Waals surface area contributed by atoms with E-state index in [2.05, 4.69) is 5.32 Å². The van der Waals surface area contributed by atoms with Crippen molar-refractivity contribution in [3.8, 4) is 0 Å². The first-order valence-electron chi connectivity index (χ1n) is 4.91. The molecule has 0 aromatic heterocycles. The van der Waals surface area contributed by atoms with Crippen molar-refractivity contribution >= 4 is 0 Å². The highest BCUT2D eigenvalue weighted by molar-refractivity contribution is 4.98. The van der Waals surface area contributed by atoms with Gasteiger partial charge in [0, 0.05) is 6.54 Å². The number of hydrogen-bond acceptors (Lipinski definition) is 5. The van der Waals surface area contributed by atoms with Crippen molar-refractivity contribution in [3.63, 3.8) is 0 Å². The van der Waals surface area contributed by atoms with Gasteiger partial charge in [0.05, 0.1) is 18.8 Å². The van der Waals surface area contributed by atoms with Crippen LogP contribution in [0, 0.1) is 0 Å². The maximum absolute atomic E-state index is 9.68. The Morgan fingerprint density at radius 1 is 1.36 bits per heavy atom. The van der Waals surface area contributed by atoms with E-state index >= 15 is 0 Å². The molecule has 0 bridgehead atoms. The Labute approximate surface area is 83.0 Å². The lowest BCUT2D eigenvalue weighted by Gasteiger charge is -2.34. The van der Waals surface area contributed by atoms with Gasteiger partial charge in [0.15, 0.2) is 5.79 Å². The van der Waals surface area contributed by atoms with E-state index in [9.17, 15) is 5.11 Å². The summed E-state index contributed by atoms with van der Waals surface area (Å²) in [5.74, 6) is -0.671. The Hall–Kier alpha value is -0.200. The van der Waals surface area contributed by atoms with Crippen LogP contribution in [0.3, 0.4) is 0 Å². The summed E-state index contributed by atoms with van der Waals surface area (Å²) in [6, 6.07) is -0.148. The quantitative estimate of drug-likeness (QED) is 0.501. The van der Waals surface area contributed by atoms with Crippen LogP contribution in [-0.4, -0.2) is 53.5 Å². The molecule has 0 spiro atoms. The van der Waals surface area contributed by atoms with Gasteiger partial charge in [0.2, 0.25) is 0 Å². The first kappa shape index (κ1) is 10.3. The lowest BCUT2D eigenvalue weighted by molar-refractivity contribution is -0.153. The van der Waals surface area contributed by atoms with Gasteiger partial charge in [0.25, 0.3) is 0 Å². The molecule has 0 aliphatic carbocycles. The summed E-state index contributed by atoms with van der Waals surface area (Å²) in [5, 5.41) is 21.8. The Bertz CT molecular complexity index is 221. The second-order valence-corrected chi connectivity index (χ2v) is 4.33. The second kappa shape index (κ2) is 3.43. The summed E-state index contributed by atoms with van der Waals surface area (Å²) >= 11 is 0. The molecule has 0 saturated carbocycles. The van der Waals surface area contributed by atoms with E-state index in [1.165, 1.54) is 0 Å². The molecule has 2 saturated heterocycles. The van der Waals surface area contributed by atoms with Crippen molar-refractivity contribution in [1.82, 2.24) is 5.32 Å². The molecule has 2 fully saturated rings. The van der Waals surface area contributed by atoms with Crippen molar-refractivity contribution in [2.45, 2.75) is 44.0 Å². The topological polar surface area (TPSA) is 71.0 Å². The molecule has 0 aromatic rings. The molecule has 2 aliphatic heterocycles. The molecule has 4 atom stereocenters. The lowest BCUT2D eigenvalue weighted by atomic mass is 9.97. The Balaban J connectivity index is 2.14. The van der Waals surface area contributed by atoms with Gasteiger partial charge in [0.1, 0.15) is 12.2 Å². The lowest BCUT2D eigenvalue weighted by Crippen LogP contribution is -2.59. The third-order valence-corrected chi connectivity index (χ3v) is 2.73. The van der Waals surface area contributed by atoms with Crippen LogP contribution >= 0.6 is 0 Å². The first-order valence-corrected chi connectivity index (χ1v) is 4.91. The van der Waals surface area contributed by atoms with Crippen LogP contribution in [0.5, 0.6) is 0 Å². The van der Waals surface area contributed by atoms with Crippen molar-refractivity contribution in [2.75, 3.05) is 13.2 Å². The Morgan fingerprint density at radius 2 is 2.00 bits per heavy atom. The van der Waals surface area contributed by atoms with Gasteiger partial charge in [-0.05, 0) is 13.8 Å². The van der Waals surface area contributed by atoms with E-state index in [1.807, 2.05) is 13.8 Å². The molecule has 0 aromatic carbocycles. The molecule has 2 aliphatic rings. The van der Waals surface area contributed by atoms with Crippen molar-refractivity contribution in [1.29, 1.82) is 0 Å². The minimum atomic E-state index is -0.671. The largest absolute Gasteiger partial charge is 0.395 e. The number of β-amino-alcohol motifs (C(OH)–C–C–N with tert-alkyl or cyclic N) is 1. The van der Waals surface area contributed by atoms with E-state index < -0.39 is 11.9 Å². The normalized spacial score (nSPS) is 46.3. The first-order chi connectivity index (χ1) is 6.53. The van der Waals surface area contributed by atoms with Gasteiger partial charge in [-0.2, -0.15) is 0 Å². The smallest absolute Gasteiger partial charge is 0.163 e. The maximum atomic E-state index is 9.68. The molecular weight excluding hydrogens is 186 g/mol. The zero-order chi connectivity index (χ0) is 10.3. The van der Waals surface area contributed by atoms with Gasteiger partial charge >= 0.3 is 0 Å². The fourth-order valence-electron chi connectivity index (χ4n) is 2.10. The van der Waals surface area contributed by atoms with E-state index in [-0.39, 0.29) is 24.9 Å². The molecule has 3 N–H and O–H groups in total. The number of nitrogens with one attached hydrogen (secondary N) is 1. The Kier molecular flexibility index (Phi) is 2.53. The summed E-state index contributed by atoms with van der Waals surface area (Å²) in [5.41, 5.74) is 0. The van der Waals surface area contributed by atoms with Crippen LogP contribution in [0.4, 0.5) is 0 Å². The van der Waals surface area contributed by atoms with Gasteiger partial charge < -0.3 is 25.0 Å². The monoisotopic (exact) mass is 203 g/mol. The van der Waals surface area contributed by atoms with Crippen LogP contribution < -0.4 is 5.32 Å². The highest BCUT2D eigenvalue weighted by Gasteiger charge is 2.50. The highest BCUT2D eigenvalue weighted by Crippen LogP contribution is 2.33. The third-order valence-electron chi connectivity index (χ3n) is 2.73. The van der Waals surface area contributed by atoms with Crippen LogP contribution in [0.15, 0.2) is 0 Å². The maximum Gasteiger partial charge on any atom is 0.163 e. The third kappa shape index (κ3) is 1.66. The van der Waals surface area contributed by atoms with Gasteiger partial charge in [-0.1, -0.05) is 0 Å². The van der Waals surface area contributed by atoms with Gasteiger partial charge in [-0.3, -0.25) is 0 Å². The zero-order valence-corrected chi connectivity index (χ0v) is 8.43. The summed E-state index contributed by atoms with van der Waals surface area (Å²) < 4.78 is 11.2. The van der Waals surface area contributed by atoms with Crippen LogP contribution in [-0.2, 0) is 9.47 Å². The summed E-state index contributed by atoms with van der Waals surface area (Å²) in [6.45, 7) is 4.05. The minimum absolute atomic E-state index is 0.00662. The van der Waals surface area contributed by atoms with Crippen LogP contribution in [0.1, 0.15) is 13.8 Å². The number of piperidine rings is 1. The number of ether oxygens (including phenoxy) is 2. The molecule has 82 valence electrons. The predicted octanol–water partition coefficient (Wildman–Crippen LogP) is -1.17. The average Bonchev–Trinajstić information content (AvgIpc) is 2.42. The predicted molar refractivity (Wildman–Crippen MR) is 48.7 cm³/mol. The van der Waals surface area contributed by atoms with E-state index in [1.54, 1.807) is 0 Å². The molecular formula is C9H17NO4. The number of rotatable bonds is 1. The molecule has 5 nitrogen and oxygen atoms in total. The highest BCUT2D eigenvalue weighted by atomic mass is 16.8. The van der Waals surface area contributed by atoms with Crippen molar-refractivity contribution in [2.24, 2.45) is 0 Å². The number of aliphatic hydroxyl groups excluding tert-OH is 2. The number of fused-ring (bicyclic) bond motifs is 1. The molecule has 2 heterocycles. The molecule has 0 radical (unpaired) electrons. The minimum Gasteiger partial charge on any atom is -0.395 e. The number of aliphatic hydroxyl groups is 2. The second-order valence-electron chi connectivity index (χ2n) is 4.33. The fourth-order valence-corrected chi connectivity index (χ4v) is 2.10. The summed E-state index contributed by atoms with van der Waals surface area (Å²) in [7, 11) is 0. The SMILES string of the molecule is CC1(C)O[C@H]2[C@H](O1)[C@@H](CO)NC[C@H]2O. The summed E-state index contributed by atoms with van der Waals surface area (Å²) in [6.07, 6.45) is -1.16. The summed E-state index contributed by atoms with van der Waals surface area (Å²) in [4.78, 5) is 0. The van der Waals surface area contributed by atoms with Crippen molar-refractivity contribution < 1.29 is 19.7 Å². The van der Waals surface area contributed by atoms with E-state index in [0.717, 1.165) is 0 Å². The van der Waals surface area contributed by atoms with Crippen LogP contribution in [0.25, 0.3) is 0 Å². The van der Waals surface area contributed by atoms with Gasteiger partial charge in [-0.25, -0.2) is 0 Å². The van der Waals surface area contributed by atoms with E-state index in [4.69, 9.17) is 14.6 Å². The van der Waals surface area contributed by atoms with Crippen LogP contribution in [0.2, 0.25) is 0 Å². The molecule has 14 heavy (non-hydrogen) atoms. The number of hydrogen-bond donors (Lipinski definition) is 3. The molecule has 5 heteroatoms.